The van der Waals surface area contributed by atoms with Crippen LogP contribution in [-0.2, 0) is 19.3 Å². The molecule has 0 N–H and O–H groups in total. The SMILES string of the molecule is CC(C)(C)OC(=O)C1(CCl)COO1. The Labute approximate surface area is 82.0 Å². The molecule has 5 heteroatoms. The number of alkyl halides is 1. The van der Waals surface area contributed by atoms with Gasteiger partial charge in [-0.1, -0.05) is 0 Å². The van der Waals surface area contributed by atoms with Gasteiger partial charge in [-0.2, -0.15) is 0 Å². The van der Waals surface area contributed by atoms with Crippen molar-refractivity contribution in [2.45, 2.75) is 32.0 Å². The van der Waals surface area contributed by atoms with Crippen molar-refractivity contribution in [3.05, 3.63) is 0 Å². The molecule has 13 heavy (non-hydrogen) atoms. The predicted molar refractivity (Wildman–Crippen MR) is 46.3 cm³/mol. The van der Waals surface area contributed by atoms with E-state index < -0.39 is 17.2 Å². The van der Waals surface area contributed by atoms with E-state index in [1.165, 1.54) is 0 Å². The van der Waals surface area contributed by atoms with Crippen LogP contribution >= 0.6 is 11.6 Å². The van der Waals surface area contributed by atoms with E-state index in [4.69, 9.17) is 16.3 Å². The van der Waals surface area contributed by atoms with Gasteiger partial charge in [0.1, 0.15) is 12.2 Å². The minimum absolute atomic E-state index is 0.0436. The molecule has 1 unspecified atom stereocenters. The van der Waals surface area contributed by atoms with Gasteiger partial charge in [0.25, 0.3) is 0 Å². The van der Waals surface area contributed by atoms with Crippen LogP contribution in [0.25, 0.3) is 0 Å². The van der Waals surface area contributed by atoms with Gasteiger partial charge in [0, 0.05) is 0 Å². The van der Waals surface area contributed by atoms with Gasteiger partial charge in [-0.25, -0.2) is 14.6 Å². The van der Waals surface area contributed by atoms with E-state index >= 15 is 0 Å². The Hall–Kier alpha value is -0.320. The lowest BCUT2D eigenvalue weighted by Crippen LogP contribution is -2.57. The highest BCUT2D eigenvalue weighted by Crippen LogP contribution is 2.27. The topological polar surface area (TPSA) is 44.8 Å². The van der Waals surface area contributed by atoms with Gasteiger partial charge in [0.15, 0.2) is 0 Å². The van der Waals surface area contributed by atoms with Crippen LogP contribution < -0.4 is 0 Å². The first kappa shape index (κ1) is 10.8. The molecule has 1 aliphatic heterocycles. The molecule has 0 saturated carbocycles. The van der Waals surface area contributed by atoms with Gasteiger partial charge in [-0.3, -0.25) is 0 Å². The van der Waals surface area contributed by atoms with E-state index in [0.717, 1.165) is 0 Å². The van der Waals surface area contributed by atoms with Crippen molar-refractivity contribution < 1.29 is 19.3 Å². The smallest absolute Gasteiger partial charge is 0.346 e. The minimum Gasteiger partial charge on any atom is -0.458 e. The number of carbonyl (C=O) groups is 1. The molecule has 1 aliphatic rings. The summed E-state index contributed by atoms with van der Waals surface area (Å²) in [4.78, 5) is 20.6. The highest BCUT2D eigenvalue weighted by Gasteiger charge is 2.51. The second-order valence-corrected chi connectivity index (χ2v) is 4.24. The Bertz CT molecular complexity index is 199. The van der Waals surface area contributed by atoms with Crippen molar-refractivity contribution in [3.8, 4) is 0 Å². The zero-order chi connectivity index (χ0) is 10.1. The van der Waals surface area contributed by atoms with E-state index in [1.807, 2.05) is 0 Å². The Morgan fingerprint density at radius 1 is 1.62 bits per heavy atom. The van der Waals surface area contributed by atoms with Gasteiger partial charge >= 0.3 is 5.97 Å². The van der Waals surface area contributed by atoms with Gasteiger partial charge in [0.2, 0.25) is 5.60 Å². The van der Waals surface area contributed by atoms with E-state index in [0.29, 0.717) is 0 Å². The second-order valence-electron chi connectivity index (χ2n) is 3.98. The van der Waals surface area contributed by atoms with E-state index in [1.54, 1.807) is 20.8 Å². The molecule has 0 aromatic heterocycles. The fraction of sp³-hybridized carbons (Fsp3) is 0.875. The number of carbonyl (C=O) groups excluding carboxylic acids is 1. The molecule has 1 saturated heterocycles. The van der Waals surface area contributed by atoms with Gasteiger partial charge in [0.05, 0.1) is 5.88 Å². The maximum absolute atomic E-state index is 11.5. The molecule has 1 atom stereocenters. The van der Waals surface area contributed by atoms with Crippen LogP contribution in [0.2, 0.25) is 0 Å². The number of ether oxygens (including phenoxy) is 1. The Morgan fingerprint density at radius 3 is 2.38 bits per heavy atom. The van der Waals surface area contributed by atoms with Crippen LogP contribution in [0.1, 0.15) is 20.8 Å². The highest BCUT2D eigenvalue weighted by atomic mass is 35.5. The molecule has 0 radical (unpaired) electrons. The maximum Gasteiger partial charge on any atom is 0.346 e. The molecule has 1 rings (SSSR count). The molecule has 1 heterocycles. The molecule has 76 valence electrons. The normalized spacial score (nSPS) is 28.0. The first-order valence-corrected chi connectivity index (χ1v) is 4.53. The Kier molecular flexibility index (Phi) is 2.85. The minimum atomic E-state index is -1.09. The number of halogens is 1. The number of esters is 1. The summed E-state index contributed by atoms with van der Waals surface area (Å²) in [6, 6.07) is 0. The molecule has 1 fully saturated rings. The van der Waals surface area contributed by atoms with Crippen LogP contribution in [0.15, 0.2) is 0 Å². The van der Waals surface area contributed by atoms with Crippen molar-refractivity contribution in [2.24, 2.45) is 0 Å². The first-order chi connectivity index (χ1) is 5.90. The third kappa shape index (κ3) is 2.33. The Balaban J connectivity index is 2.56. The van der Waals surface area contributed by atoms with Crippen LogP contribution in [0.5, 0.6) is 0 Å². The summed E-state index contributed by atoms with van der Waals surface area (Å²) in [6.07, 6.45) is 0. The summed E-state index contributed by atoms with van der Waals surface area (Å²) in [6.45, 7) is 5.51. The highest BCUT2D eigenvalue weighted by molar-refractivity contribution is 6.20. The average Bonchev–Trinajstić information content (AvgIpc) is 1.80. The molecular weight excluding hydrogens is 196 g/mol. The molecule has 0 aromatic carbocycles. The quantitative estimate of drug-likeness (QED) is 0.390. The van der Waals surface area contributed by atoms with Gasteiger partial charge in [-0.05, 0) is 20.8 Å². The van der Waals surface area contributed by atoms with E-state index in [-0.39, 0.29) is 12.5 Å². The second kappa shape index (κ2) is 3.44. The zero-order valence-corrected chi connectivity index (χ0v) is 8.68. The summed E-state index contributed by atoms with van der Waals surface area (Å²) >= 11 is 5.58. The van der Waals surface area contributed by atoms with Crippen molar-refractivity contribution in [1.29, 1.82) is 0 Å². The summed E-state index contributed by atoms with van der Waals surface area (Å²) in [7, 11) is 0. The van der Waals surface area contributed by atoms with Crippen molar-refractivity contribution in [2.75, 3.05) is 12.5 Å². The predicted octanol–water partition coefficient (Wildman–Crippen LogP) is 1.27. The van der Waals surface area contributed by atoms with Crippen LogP contribution in [0.4, 0.5) is 0 Å². The van der Waals surface area contributed by atoms with Crippen LogP contribution in [0, 0.1) is 0 Å². The Morgan fingerprint density at radius 2 is 2.15 bits per heavy atom. The average molecular weight is 209 g/mol. The molecule has 4 nitrogen and oxygen atoms in total. The number of hydrogen-bond acceptors (Lipinski definition) is 4. The standard InChI is InChI=1S/C8H13ClO4/c1-7(2,3)12-6(10)8(4-9)5-11-13-8/h4-5H2,1-3H3. The van der Waals surface area contributed by atoms with Crippen molar-refractivity contribution in [3.63, 3.8) is 0 Å². The lowest BCUT2D eigenvalue weighted by atomic mass is 10.1. The van der Waals surface area contributed by atoms with E-state index in [2.05, 4.69) is 9.78 Å². The van der Waals surface area contributed by atoms with Crippen molar-refractivity contribution >= 4 is 17.6 Å². The number of rotatable bonds is 2. The van der Waals surface area contributed by atoms with Crippen LogP contribution in [-0.4, -0.2) is 29.7 Å². The molecular formula is C8H13ClO4. The third-order valence-corrected chi connectivity index (χ3v) is 1.93. The monoisotopic (exact) mass is 208 g/mol. The summed E-state index contributed by atoms with van der Waals surface area (Å²) in [5, 5.41) is 0. The van der Waals surface area contributed by atoms with Crippen LogP contribution in [0.3, 0.4) is 0 Å². The summed E-state index contributed by atoms with van der Waals surface area (Å²) in [5.41, 5.74) is -1.62. The first-order valence-electron chi connectivity index (χ1n) is 4.00. The van der Waals surface area contributed by atoms with Crippen molar-refractivity contribution in [1.82, 2.24) is 0 Å². The zero-order valence-electron chi connectivity index (χ0n) is 7.93. The lowest BCUT2D eigenvalue weighted by Gasteiger charge is -2.37. The molecule has 0 spiro atoms. The molecule has 0 aliphatic carbocycles. The molecule has 0 amide bonds. The number of hydrogen-bond donors (Lipinski definition) is 0. The largest absolute Gasteiger partial charge is 0.458 e. The van der Waals surface area contributed by atoms with Gasteiger partial charge in [-0.15, -0.1) is 11.6 Å². The summed E-state index contributed by atoms with van der Waals surface area (Å²) in [5.74, 6) is -0.427. The molecule has 0 bridgehead atoms. The van der Waals surface area contributed by atoms with E-state index in [9.17, 15) is 4.79 Å². The summed E-state index contributed by atoms with van der Waals surface area (Å²) < 4.78 is 5.11. The lowest BCUT2D eigenvalue weighted by molar-refractivity contribution is -0.453. The maximum atomic E-state index is 11.5. The fourth-order valence-corrected chi connectivity index (χ4v) is 1.01. The molecule has 0 aromatic rings. The third-order valence-electron chi connectivity index (χ3n) is 1.50. The fourth-order valence-electron chi connectivity index (χ4n) is 0.781. The van der Waals surface area contributed by atoms with Gasteiger partial charge < -0.3 is 4.74 Å².